The molecular formula is C24H51NO. The normalized spacial score (nSPS) is 15.3. The fraction of sp³-hybridized carbons (Fsp3) is 1.00. The van der Waals surface area contributed by atoms with E-state index in [1.165, 1.54) is 135 Å². The molecule has 0 atom stereocenters. The van der Waals surface area contributed by atoms with Gasteiger partial charge in [-0.05, 0) is 33.0 Å². The van der Waals surface area contributed by atoms with E-state index in [2.05, 4.69) is 19.0 Å². The maximum atomic E-state index is 2.30. The van der Waals surface area contributed by atoms with Gasteiger partial charge in [0.1, 0.15) is 0 Å². The smallest absolute Gasteiger partial charge is 0.00248 e. The van der Waals surface area contributed by atoms with Crippen molar-refractivity contribution in [1.82, 2.24) is 4.90 Å². The summed E-state index contributed by atoms with van der Waals surface area (Å²) in [7, 11) is 4.36. The Bertz CT molecular complexity index is 261. The molecule has 2 heteroatoms. The highest BCUT2D eigenvalue weighted by Crippen LogP contribution is 2.28. The number of nitrogens with zero attached hydrogens (tertiary/aromatic N) is 1. The minimum atomic E-state index is 0. The molecule has 26 heavy (non-hydrogen) atoms. The third-order valence-electron chi connectivity index (χ3n) is 6.19. The molecule has 2 nitrogen and oxygen atoms in total. The van der Waals surface area contributed by atoms with E-state index in [0.29, 0.717) is 0 Å². The minimum Gasteiger partial charge on any atom is -0.412 e. The zero-order valence-electron chi connectivity index (χ0n) is 18.4. The summed E-state index contributed by atoms with van der Waals surface area (Å²) in [5, 5.41) is 0. The third kappa shape index (κ3) is 17.3. The van der Waals surface area contributed by atoms with Crippen LogP contribution < -0.4 is 0 Å². The van der Waals surface area contributed by atoms with Crippen LogP contribution in [0.5, 0.6) is 0 Å². The van der Waals surface area contributed by atoms with Crippen molar-refractivity contribution in [1.29, 1.82) is 0 Å². The summed E-state index contributed by atoms with van der Waals surface area (Å²) in [5.74, 6) is 1.10. The van der Waals surface area contributed by atoms with Gasteiger partial charge in [0.15, 0.2) is 0 Å². The Kier molecular flexibility index (Phi) is 19.6. The molecule has 0 radical (unpaired) electrons. The Morgan fingerprint density at radius 3 is 1.35 bits per heavy atom. The van der Waals surface area contributed by atoms with Crippen LogP contribution in [0, 0.1) is 5.92 Å². The molecule has 1 saturated carbocycles. The first kappa shape index (κ1) is 25.9. The fourth-order valence-electron chi connectivity index (χ4n) is 4.46. The molecule has 0 unspecified atom stereocenters. The lowest BCUT2D eigenvalue weighted by atomic mass is 9.85. The molecule has 1 aliphatic carbocycles. The standard InChI is InChI=1S/C24H49N.H2O/c1-25(2)23-19-14-12-10-8-6-4-3-5-7-9-11-13-16-20-24-21-17-15-18-22-24;/h24H,3-23H2,1-2H3;1H2. The Hall–Kier alpha value is -0.0800. The van der Waals surface area contributed by atoms with Gasteiger partial charge in [0.05, 0.1) is 0 Å². The molecule has 0 heterocycles. The monoisotopic (exact) mass is 369 g/mol. The maximum absolute atomic E-state index is 2.30. The summed E-state index contributed by atoms with van der Waals surface area (Å²) in [5.41, 5.74) is 0. The van der Waals surface area contributed by atoms with Gasteiger partial charge in [-0.15, -0.1) is 0 Å². The van der Waals surface area contributed by atoms with Crippen molar-refractivity contribution in [2.24, 2.45) is 5.92 Å². The van der Waals surface area contributed by atoms with Crippen LogP contribution >= 0.6 is 0 Å². The molecule has 1 aliphatic rings. The van der Waals surface area contributed by atoms with Crippen LogP contribution in [-0.4, -0.2) is 31.0 Å². The van der Waals surface area contributed by atoms with Gasteiger partial charge < -0.3 is 10.4 Å². The van der Waals surface area contributed by atoms with Gasteiger partial charge in [0.2, 0.25) is 0 Å². The van der Waals surface area contributed by atoms with E-state index in [-0.39, 0.29) is 5.48 Å². The van der Waals surface area contributed by atoms with Gasteiger partial charge in [-0.2, -0.15) is 0 Å². The lowest BCUT2D eigenvalue weighted by Crippen LogP contribution is -2.12. The molecule has 0 spiro atoms. The van der Waals surface area contributed by atoms with E-state index in [9.17, 15) is 0 Å². The summed E-state index contributed by atoms with van der Waals surface area (Å²) in [6, 6.07) is 0. The molecule has 1 rings (SSSR count). The van der Waals surface area contributed by atoms with Gasteiger partial charge in [-0.1, -0.05) is 122 Å². The van der Waals surface area contributed by atoms with Crippen molar-refractivity contribution in [3.05, 3.63) is 0 Å². The first-order valence-electron chi connectivity index (χ1n) is 11.9. The fourth-order valence-corrected chi connectivity index (χ4v) is 4.46. The number of rotatable bonds is 17. The van der Waals surface area contributed by atoms with Crippen molar-refractivity contribution >= 4 is 0 Å². The van der Waals surface area contributed by atoms with E-state index in [4.69, 9.17) is 0 Å². The van der Waals surface area contributed by atoms with E-state index in [1.807, 2.05) is 0 Å². The zero-order valence-corrected chi connectivity index (χ0v) is 18.4. The summed E-state index contributed by atoms with van der Waals surface area (Å²) in [6.07, 6.45) is 29.8. The minimum absolute atomic E-state index is 0. The van der Waals surface area contributed by atoms with E-state index in [0.717, 1.165) is 5.92 Å². The first-order chi connectivity index (χ1) is 12.3. The van der Waals surface area contributed by atoms with E-state index in [1.54, 1.807) is 0 Å². The Balaban J connectivity index is 0.00000625. The largest absolute Gasteiger partial charge is 0.412 e. The summed E-state index contributed by atoms with van der Waals surface area (Å²) < 4.78 is 0. The van der Waals surface area contributed by atoms with Crippen LogP contribution in [0.2, 0.25) is 0 Å². The molecule has 158 valence electrons. The number of hydrogen-bond acceptors (Lipinski definition) is 1. The second kappa shape index (κ2) is 19.7. The van der Waals surface area contributed by atoms with Crippen LogP contribution in [0.1, 0.15) is 128 Å². The highest BCUT2D eigenvalue weighted by Gasteiger charge is 2.12. The van der Waals surface area contributed by atoms with Gasteiger partial charge in [0.25, 0.3) is 0 Å². The van der Waals surface area contributed by atoms with Gasteiger partial charge in [-0.25, -0.2) is 0 Å². The molecule has 2 N–H and O–H groups in total. The topological polar surface area (TPSA) is 34.7 Å². The van der Waals surface area contributed by atoms with Crippen LogP contribution in [-0.2, 0) is 0 Å². The molecule has 1 fully saturated rings. The number of unbranched alkanes of at least 4 members (excludes halogenated alkanes) is 13. The predicted octanol–water partition coefficient (Wildman–Crippen LogP) is 7.16. The van der Waals surface area contributed by atoms with E-state index >= 15 is 0 Å². The quantitative estimate of drug-likeness (QED) is 0.250. The Labute approximate surface area is 165 Å². The van der Waals surface area contributed by atoms with Crippen LogP contribution in [0.25, 0.3) is 0 Å². The lowest BCUT2D eigenvalue weighted by Gasteiger charge is -2.21. The summed E-state index contributed by atoms with van der Waals surface area (Å²) in [4.78, 5) is 2.30. The van der Waals surface area contributed by atoms with Crippen molar-refractivity contribution in [3.8, 4) is 0 Å². The molecule has 0 bridgehead atoms. The second-order valence-electron chi connectivity index (χ2n) is 9.05. The molecule has 0 aromatic heterocycles. The first-order valence-corrected chi connectivity index (χ1v) is 11.9. The average Bonchev–Trinajstić information content (AvgIpc) is 2.62. The highest BCUT2D eigenvalue weighted by atomic mass is 16.0. The zero-order chi connectivity index (χ0) is 18.0. The van der Waals surface area contributed by atoms with Gasteiger partial charge in [0, 0.05) is 0 Å². The molecule has 0 amide bonds. The molecule has 0 aliphatic heterocycles. The highest BCUT2D eigenvalue weighted by molar-refractivity contribution is 4.65. The van der Waals surface area contributed by atoms with Crippen molar-refractivity contribution in [2.75, 3.05) is 20.6 Å². The lowest BCUT2D eigenvalue weighted by molar-refractivity contribution is 0.328. The SMILES string of the molecule is CN(C)CCCCCCCCCCCCCCCCC1CCCCC1.O. The van der Waals surface area contributed by atoms with Crippen LogP contribution in [0.4, 0.5) is 0 Å². The van der Waals surface area contributed by atoms with Gasteiger partial charge in [-0.3, -0.25) is 0 Å². The van der Waals surface area contributed by atoms with Crippen molar-refractivity contribution < 1.29 is 5.48 Å². The van der Waals surface area contributed by atoms with Crippen molar-refractivity contribution in [3.63, 3.8) is 0 Å². The second-order valence-corrected chi connectivity index (χ2v) is 9.05. The van der Waals surface area contributed by atoms with E-state index < -0.39 is 0 Å². The number of hydrogen-bond donors (Lipinski definition) is 0. The third-order valence-corrected chi connectivity index (χ3v) is 6.19. The molecule has 0 saturated heterocycles. The Morgan fingerprint density at radius 1 is 0.538 bits per heavy atom. The van der Waals surface area contributed by atoms with Crippen LogP contribution in [0.15, 0.2) is 0 Å². The predicted molar refractivity (Wildman–Crippen MR) is 118 cm³/mol. The van der Waals surface area contributed by atoms with Gasteiger partial charge >= 0.3 is 0 Å². The summed E-state index contributed by atoms with van der Waals surface area (Å²) in [6.45, 7) is 1.26. The maximum Gasteiger partial charge on any atom is -0.00248 e. The molecule has 0 aromatic carbocycles. The molecule has 0 aromatic rings. The van der Waals surface area contributed by atoms with Crippen LogP contribution in [0.3, 0.4) is 0 Å². The average molecular weight is 370 g/mol. The summed E-state index contributed by atoms with van der Waals surface area (Å²) >= 11 is 0. The molecular weight excluding hydrogens is 318 g/mol. The Morgan fingerprint density at radius 2 is 0.923 bits per heavy atom. The van der Waals surface area contributed by atoms with Crippen molar-refractivity contribution in [2.45, 2.75) is 128 Å².